The van der Waals surface area contributed by atoms with Crippen LogP contribution >= 0.6 is 0 Å². The second-order valence-electron chi connectivity index (χ2n) is 7.60. The van der Waals surface area contributed by atoms with Gasteiger partial charge < -0.3 is 25.0 Å². The van der Waals surface area contributed by atoms with Gasteiger partial charge in [-0.25, -0.2) is 9.07 Å². The molecule has 10 heteroatoms. The van der Waals surface area contributed by atoms with Crippen LogP contribution in [0.1, 0.15) is 16.4 Å². The van der Waals surface area contributed by atoms with Gasteiger partial charge in [-0.1, -0.05) is 35.5 Å². The summed E-state index contributed by atoms with van der Waals surface area (Å²) in [5.74, 6) is -0.842. The molecule has 4 rings (SSSR count). The van der Waals surface area contributed by atoms with Crippen molar-refractivity contribution in [3.05, 3.63) is 72.2 Å². The summed E-state index contributed by atoms with van der Waals surface area (Å²) >= 11 is 0. The van der Waals surface area contributed by atoms with Crippen LogP contribution < -0.4 is 0 Å². The minimum Gasteiger partial charge on any atom is -0.394 e. The topological polar surface area (TPSA) is 121 Å². The van der Waals surface area contributed by atoms with Gasteiger partial charge in [0.1, 0.15) is 35.9 Å². The summed E-state index contributed by atoms with van der Waals surface area (Å²) in [7, 11) is 1.46. The van der Waals surface area contributed by atoms with E-state index < -0.39 is 48.9 Å². The van der Waals surface area contributed by atoms with Crippen LogP contribution in [0, 0.1) is 5.82 Å². The van der Waals surface area contributed by atoms with Gasteiger partial charge in [-0.2, -0.15) is 0 Å². The Morgan fingerprint density at radius 2 is 1.91 bits per heavy atom. The van der Waals surface area contributed by atoms with Gasteiger partial charge in [0.25, 0.3) is 5.91 Å². The van der Waals surface area contributed by atoms with E-state index in [1.807, 2.05) is 0 Å². The highest BCUT2D eigenvalue weighted by molar-refractivity contribution is 5.94. The summed E-state index contributed by atoms with van der Waals surface area (Å²) in [5.41, 5.74) is 1.20. The molecule has 0 bridgehead atoms. The Kier molecular flexibility index (Phi) is 6.28. The quantitative estimate of drug-likeness (QED) is 0.535. The van der Waals surface area contributed by atoms with E-state index in [1.165, 1.54) is 41.0 Å². The van der Waals surface area contributed by atoms with Crippen LogP contribution in [0.15, 0.2) is 60.8 Å². The molecular weight excluding hydrogens is 419 g/mol. The molecule has 1 aliphatic heterocycles. The van der Waals surface area contributed by atoms with E-state index in [9.17, 15) is 24.5 Å². The summed E-state index contributed by atoms with van der Waals surface area (Å²) in [6.07, 6.45) is -3.53. The van der Waals surface area contributed by atoms with Crippen molar-refractivity contribution < 1.29 is 29.2 Å². The van der Waals surface area contributed by atoms with E-state index >= 15 is 0 Å². The largest absolute Gasteiger partial charge is 0.394 e. The Bertz CT molecular complexity index is 1080. The number of carbonyl (C=O) groups excluding carboxylic acids is 1. The molecule has 5 atom stereocenters. The molecule has 3 aromatic rings. The minimum atomic E-state index is -1.40. The van der Waals surface area contributed by atoms with Gasteiger partial charge in [-0.15, -0.1) is 5.10 Å². The number of amides is 1. The zero-order chi connectivity index (χ0) is 22.8. The number of halogens is 1. The van der Waals surface area contributed by atoms with Crippen molar-refractivity contribution in [2.24, 2.45) is 0 Å². The van der Waals surface area contributed by atoms with Crippen LogP contribution in [0.25, 0.3) is 11.3 Å². The van der Waals surface area contributed by atoms with Crippen molar-refractivity contribution in [2.45, 2.75) is 30.6 Å². The third-order valence-electron chi connectivity index (χ3n) is 5.53. The van der Waals surface area contributed by atoms with Crippen molar-refractivity contribution in [1.82, 2.24) is 19.9 Å². The van der Waals surface area contributed by atoms with Gasteiger partial charge in [0.05, 0.1) is 12.8 Å². The first kappa shape index (κ1) is 22.0. The molecule has 3 N–H and O–H groups in total. The molecule has 1 saturated heterocycles. The lowest BCUT2D eigenvalue weighted by Crippen LogP contribution is -2.61. The number of aliphatic hydroxyl groups excluding tert-OH is 3. The fourth-order valence-electron chi connectivity index (χ4n) is 3.82. The zero-order valence-electron chi connectivity index (χ0n) is 17.2. The Labute approximate surface area is 183 Å². The van der Waals surface area contributed by atoms with E-state index in [4.69, 9.17) is 4.74 Å². The van der Waals surface area contributed by atoms with Gasteiger partial charge in [0, 0.05) is 18.2 Å². The fraction of sp³-hybridized carbons (Fsp3) is 0.318. The van der Waals surface area contributed by atoms with Crippen LogP contribution in [-0.2, 0) is 4.74 Å². The maximum atomic E-state index is 13.6. The molecule has 2 aromatic carbocycles. The van der Waals surface area contributed by atoms with E-state index in [0.29, 0.717) is 16.8 Å². The number of aliphatic hydroxyl groups is 3. The maximum Gasteiger partial charge on any atom is 0.255 e. The highest BCUT2D eigenvalue weighted by Gasteiger charge is 2.48. The predicted molar refractivity (Wildman–Crippen MR) is 111 cm³/mol. The van der Waals surface area contributed by atoms with Crippen molar-refractivity contribution in [3.8, 4) is 11.3 Å². The van der Waals surface area contributed by atoms with E-state index in [0.717, 1.165) is 0 Å². The molecule has 0 saturated carbocycles. The number of carbonyl (C=O) groups is 1. The van der Waals surface area contributed by atoms with Gasteiger partial charge in [-0.3, -0.25) is 4.79 Å². The molecule has 0 spiro atoms. The van der Waals surface area contributed by atoms with Crippen LogP contribution in [0.4, 0.5) is 4.39 Å². The third-order valence-corrected chi connectivity index (χ3v) is 5.53. The zero-order valence-corrected chi connectivity index (χ0v) is 17.2. The fourth-order valence-corrected chi connectivity index (χ4v) is 3.82. The molecule has 1 amide bonds. The second-order valence-corrected chi connectivity index (χ2v) is 7.60. The molecule has 32 heavy (non-hydrogen) atoms. The van der Waals surface area contributed by atoms with Crippen LogP contribution in [0.3, 0.4) is 0 Å². The lowest BCUT2D eigenvalue weighted by molar-refractivity contribution is -0.235. The predicted octanol–water partition coefficient (Wildman–Crippen LogP) is 0.836. The Hall–Kier alpha value is -3.18. The Morgan fingerprint density at radius 1 is 1.16 bits per heavy atom. The molecule has 0 unspecified atom stereocenters. The smallest absolute Gasteiger partial charge is 0.255 e. The van der Waals surface area contributed by atoms with Gasteiger partial charge in [0.2, 0.25) is 0 Å². The summed E-state index contributed by atoms with van der Waals surface area (Å²) in [5, 5.41) is 39.5. The highest BCUT2D eigenvalue weighted by atomic mass is 19.1. The molecule has 1 aromatic heterocycles. The van der Waals surface area contributed by atoms with Gasteiger partial charge in [-0.05, 0) is 24.3 Å². The summed E-state index contributed by atoms with van der Waals surface area (Å²) < 4.78 is 20.5. The standard InChI is InChI=1S/C22H23FN4O5/c1-26(21(31)13-6-3-2-4-7-13)22-20(30)18(19(29)17(12-28)32-22)27-11-16(24-25-27)14-8-5-9-15(23)10-14/h2-11,17-20,22,28-30H,12H2,1H3/t17-,18+,19+,20-,22-/m0/s1. The summed E-state index contributed by atoms with van der Waals surface area (Å²) in [6.45, 7) is -0.542. The molecule has 0 aliphatic carbocycles. The third kappa shape index (κ3) is 4.13. The average molecular weight is 442 g/mol. The summed E-state index contributed by atoms with van der Waals surface area (Å²) in [6, 6.07) is 13.2. The van der Waals surface area contributed by atoms with Gasteiger partial charge in [0.15, 0.2) is 6.23 Å². The van der Waals surface area contributed by atoms with Crippen molar-refractivity contribution in [3.63, 3.8) is 0 Å². The number of rotatable bonds is 5. The van der Waals surface area contributed by atoms with Crippen molar-refractivity contribution in [2.75, 3.05) is 13.7 Å². The number of hydrogen-bond acceptors (Lipinski definition) is 7. The Balaban J connectivity index is 1.63. The average Bonchev–Trinajstić information content (AvgIpc) is 3.29. The number of benzene rings is 2. The van der Waals surface area contributed by atoms with Crippen LogP contribution in [-0.4, -0.2) is 79.3 Å². The normalized spacial score (nSPS) is 25.5. The molecule has 168 valence electrons. The van der Waals surface area contributed by atoms with Crippen molar-refractivity contribution >= 4 is 5.91 Å². The lowest BCUT2D eigenvalue weighted by atomic mass is 9.94. The second kappa shape index (κ2) is 9.13. The van der Waals surface area contributed by atoms with Gasteiger partial charge >= 0.3 is 0 Å². The van der Waals surface area contributed by atoms with E-state index in [-0.39, 0.29) is 0 Å². The van der Waals surface area contributed by atoms with Crippen LogP contribution in [0.5, 0.6) is 0 Å². The maximum absolute atomic E-state index is 13.6. The molecule has 9 nitrogen and oxygen atoms in total. The summed E-state index contributed by atoms with van der Waals surface area (Å²) in [4.78, 5) is 14.1. The van der Waals surface area contributed by atoms with E-state index in [1.54, 1.807) is 36.4 Å². The minimum absolute atomic E-state index is 0.334. The Morgan fingerprint density at radius 3 is 2.59 bits per heavy atom. The van der Waals surface area contributed by atoms with Crippen LogP contribution in [0.2, 0.25) is 0 Å². The number of nitrogens with zero attached hydrogens (tertiary/aromatic N) is 4. The first-order chi connectivity index (χ1) is 15.4. The first-order valence-corrected chi connectivity index (χ1v) is 10.0. The first-order valence-electron chi connectivity index (χ1n) is 10.0. The number of aromatic nitrogens is 3. The molecule has 2 heterocycles. The molecule has 1 aliphatic rings. The van der Waals surface area contributed by atoms with E-state index in [2.05, 4.69) is 10.3 Å². The number of hydrogen-bond donors (Lipinski definition) is 3. The highest BCUT2D eigenvalue weighted by Crippen LogP contribution is 2.32. The number of likely N-dealkylation sites (N-methyl/N-ethyl adjacent to an activating group) is 1. The number of ether oxygens (including phenoxy) is 1. The molecule has 1 fully saturated rings. The lowest BCUT2D eigenvalue weighted by Gasteiger charge is -2.45. The monoisotopic (exact) mass is 442 g/mol. The van der Waals surface area contributed by atoms with Crippen molar-refractivity contribution in [1.29, 1.82) is 0 Å². The SMILES string of the molecule is CN(C(=O)c1ccccc1)[C@H]1O[C@@H](CO)[C@@H](O)[C@@H](n2cc(-c3cccc(F)c3)nn2)[C@@H]1O. The molecular formula is C22H23FN4O5. The molecule has 0 radical (unpaired) electrons.